The molecule has 6 atom stereocenters. The maximum atomic E-state index is 14.8. The number of ether oxygens (including phenoxy) is 2. The van der Waals surface area contributed by atoms with Gasteiger partial charge in [0.25, 0.3) is 11.4 Å². The van der Waals surface area contributed by atoms with Gasteiger partial charge in [0.1, 0.15) is 18.2 Å². The number of anilines is 2. The van der Waals surface area contributed by atoms with Crippen molar-refractivity contribution in [2.75, 3.05) is 81.9 Å². The number of carboxylic acid groups (broad SMARTS) is 2. The number of esters is 2. The molecule has 0 saturated carbocycles. The highest BCUT2D eigenvalue weighted by Gasteiger charge is 2.72. The molecule has 0 amide bonds. The minimum absolute atomic E-state index is 0.00635. The van der Waals surface area contributed by atoms with Gasteiger partial charge in [-0.1, -0.05) is 74.5 Å². The fourth-order valence-corrected chi connectivity index (χ4v) is 13.1. The molecule has 3 saturated heterocycles. The number of nitro groups is 2. The third-order valence-corrected chi connectivity index (χ3v) is 17.7. The van der Waals surface area contributed by atoms with Crippen molar-refractivity contribution in [3.63, 3.8) is 0 Å². The summed E-state index contributed by atoms with van der Waals surface area (Å²) in [7, 11) is 0. The summed E-state index contributed by atoms with van der Waals surface area (Å²) in [6, 6.07) is 24.3. The van der Waals surface area contributed by atoms with E-state index in [0.717, 1.165) is 34.6 Å². The SMILES string of the molecule is CC1=C(C(=O)OCCN2CCN(c3ccccc3C)CC2)C(c2cccc([N+](=O)[O-])c2)C(C(=O)OC(C)C)=C(N)N1OC(=O)C(=O)ON1C(C)C(CCN2CCN(c3ccccc3C)CC2)(C(=O)O)C(c2cccc([N+](=O)[O-])c2)C(C(=O)O)(C(C)C)C1N. The molecule has 470 valence electrons. The average Bonchev–Trinajstić information content (AvgIpc) is 0.810. The van der Waals surface area contributed by atoms with Gasteiger partial charge in [0.2, 0.25) is 0 Å². The molecule has 26 heteroatoms. The number of carboxylic acids is 2. The van der Waals surface area contributed by atoms with Crippen molar-refractivity contribution >= 4 is 58.6 Å². The lowest BCUT2D eigenvalue weighted by atomic mass is 9.48. The Hall–Kier alpha value is -8.98. The number of hydroxylamine groups is 4. The monoisotopic (exact) mass is 1220 g/mol. The van der Waals surface area contributed by atoms with Crippen molar-refractivity contribution in [2.24, 2.45) is 28.2 Å². The predicted octanol–water partition coefficient (Wildman–Crippen LogP) is 5.98. The molecule has 0 bridgehead atoms. The Morgan fingerprint density at radius 1 is 0.659 bits per heavy atom. The van der Waals surface area contributed by atoms with Gasteiger partial charge in [-0.15, -0.1) is 5.06 Å². The van der Waals surface area contributed by atoms with Crippen LogP contribution in [0.5, 0.6) is 0 Å². The van der Waals surface area contributed by atoms with Crippen LogP contribution in [0, 0.1) is 50.8 Å². The summed E-state index contributed by atoms with van der Waals surface area (Å²) in [5.74, 6) is -14.3. The number of hydrogen-bond acceptors (Lipinski definition) is 22. The van der Waals surface area contributed by atoms with Crippen LogP contribution in [0.4, 0.5) is 22.7 Å². The van der Waals surface area contributed by atoms with E-state index >= 15 is 0 Å². The highest BCUT2D eigenvalue weighted by molar-refractivity contribution is 6.29. The third kappa shape index (κ3) is 12.7. The molecule has 0 spiro atoms. The second-order valence-corrected chi connectivity index (χ2v) is 23.2. The summed E-state index contributed by atoms with van der Waals surface area (Å²) in [6.07, 6.45) is -3.14. The van der Waals surface area contributed by atoms with Crippen LogP contribution in [-0.4, -0.2) is 166 Å². The summed E-state index contributed by atoms with van der Waals surface area (Å²) >= 11 is 0. The highest BCUT2D eigenvalue weighted by atomic mass is 16.8. The smallest absolute Gasteiger partial charge is 0.443 e. The predicted molar refractivity (Wildman–Crippen MR) is 320 cm³/mol. The first-order valence-corrected chi connectivity index (χ1v) is 29.1. The molecule has 4 heterocycles. The zero-order chi connectivity index (χ0) is 64.1. The number of aliphatic carboxylic acids is 2. The number of nitro benzene ring substituents is 2. The first kappa shape index (κ1) is 65.0. The first-order chi connectivity index (χ1) is 41.7. The van der Waals surface area contributed by atoms with E-state index in [4.69, 9.17) is 30.6 Å². The number of piperazine rings is 2. The van der Waals surface area contributed by atoms with Crippen molar-refractivity contribution < 1.29 is 68.0 Å². The van der Waals surface area contributed by atoms with Crippen LogP contribution >= 0.6 is 0 Å². The number of allylic oxidation sites excluding steroid dienone is 1. The number of carbonyl (C=O) groups excluding carboxylic acids is 4. The second kappa shape index (κ2) is 27.0. The zero-order valence-corrected chi connectivity index (χ0v) is 50.5. The van der Waals surface area contributed by atoms with Crippen LogP contribution < -0.4 is 21.3 Å². The Bertz CT molecular complexity index is 3410. The molecule has 0 aromatic heterocycles. The standard InChI is InChI=1S/C62H76N10O16/c1-37(2)62(60(79)80)52(44-18-14-20-46(36-44)72(83)84)61(59(77)78,23-24-65-25-29-67(30-26-65)47-21-11-9-15-39(47)5)42(8)70(58(62)64)88-57(76)56(75)87-69-41(7)49(54(73)85-34-33-66-27-31-68(32-28-66)48-22-12-10-16-40(48)6)50(43-17-13-19-45(35-43)71(81)82)51(53(69)63)55(74)86-38(3)4/h9-22,35-38,42,50,52,58H,23-34,63-64H2,1-8H3,(H,77,78)(H,79,80). The Kier molecular flexibility index (Phi) is 19.9. The summed E-state index contributed by atoms with van der Waals surface area (Å²) in [5, 5.41) is 49.2. The van der Waals surface area contributed by atoms with Crippen LogP contribution in [0.2, 0.25) is 0 Å². The molecule has 6 N–H and O–H groups in total. The number of non-ortho nitro benzene ring substituents is 2. The topological polar surface area (TPSA) is 338 Å². The number of nitrogens with two attached hydrogens (primary N) is 2. The number of hydrogen-bond donors (Lipinski definition) is 4. The van der Waals surface area contributed by atoms with Gasteiger partial charge in [-0.3, -0.25) is 39.6 Å². The molecule has 0 aliphatic carbocycles. The third-order valence-electron chi connectivity index (χ3n) is 17.7. The van der Waals surface area contributed by atoms with E-state index in [0.29, 0.717) is 62.5 Å². The quantitative estimate of drug-likeness (QED) is 0.0342. The Labute approximate surface area is 509 Å². The minimum atomic E-state index is -2.47. The fraction of sp³-hybridized carbons (Fsp3) is 0.452. The van der Waals surface area contributed by atoms with Gasteiger partial charge >= 0.3 is 35.8 Å². The van der Waals surface area contributed by atoms with Crippen molar-refractivity contribution in [3.8, 4) is 0 Å². The van der Waals surface area contributed by atoms with Gasteiger partial charge in [0.15, 0.2) is 5.82 Å². The summed E-state index contributed by atoms with van der Waals surface area (Å²) in [6.45, 7) is 17.3. The summed E-state index contributed by atoms with van der Waals surface area (Å²) < 4.78 is 11.5. The number of benzene rings is 4. The zero-order valence-electron chi connectivity index (χ0n) is 50.5. The number of nitrogens with zero attached hydrogens (tertiary/aromatic N) is 8. The lowest BCUT2D eigenvalue weighted by Gasteiger charge is -2.61. The molecule has 4 aromatic carbocycles. The minimum Gasteiger partial charge on any atom is -0.481 e. The Morgan fingerprint density at radius 2 is 1.16 bits per heavy atom. The van der Waals surface area contributed by atoms with Gasteiger partial charge in [-0.25, -0.2) is 19.2 Å². The van der Waals surface area contributed by atoms with Crippen molar-refractivity contribution in [3.05, 3.63) is 162 Å². The number of piperidine rings is 1. The first-order valence-electron chi connectivity index (χ1n) is 29.1. The molecule has 4 aliphatic rings. The van der Waals surface area contributed by atoms with Crippen molar-refractivity contribution in [1.29, 1.82) is 0 Å². The van der Waals surface area contributed by atoms with Crippen LogP contribution in [0.1, 0.15) is 82.1 Å². The highest BCUT2D eigenvalue weighted by Crippen LogP contribution is 2.62. The van der Waals surface area contributed by atoms with E-state index in [1.165, 1.54) is 77.9 Å². The van der Waals surface area contributed by atoms with E-state index in [-0.39, 0.29) is 42.9 Å². The maximum absolute atomic E-state index is 14.8. The number of para-hydroxylation sites is 2. The molecule has 0 radical (unpaired) electrons. The van der Waals surface area contributed by atoms with Gasteiger partial charge in [0.05, 0.1) is 50.2 Å². The van der Waals surface area contributed by atoms with Crippen LogP contribution in [0.25, 0.3) is 0 Å². The average molecular weight is 1220 g/mol. The van der Waals surface area contributed by atoms with E-state index < -0.39 is 121 Å². The molecule has 4 aromatic rings. The molecule has 26 nitrogen and oxygen atoms in total. The van der Waals surface area contributed by atoms with E-state index in [2.05, 4.69) is 14.7 Å². The van der Waals surface area contributed by atoms with Crippen molar-refractivity contribution in [2.45, 2.75) is 92.0 Å². The molecule has 88 heavy (non-hydrogen) atoms. The molecule has 8 rings (SSSR count). The van der Waals surface area contributed by atoms with Gasteiger partial charge in [0, 0.05) is 100 Å². The Balaban J connectivity index is 1.14. The largest absolute Gasteiger partial charge is 0.481 e. The number of carbonyl (C=O) groups is 6. The van der Waals surface area contributed by atoms with E-state index in [9.17, 15) is 59.2 Å². The fourth-order valence-electron chi connectivity index (χ4n) is 13.1. The van der Waals surface area contributed by atoms with Gasteiger partial charge < -0.3 is 50.6 Å². The van der Waals surface area contributed by atoms with Gasteiger partial charge in [-0.05, 0) is 94.8 Å². The molecule has 6 unspecified atom stereocenters. The van der Waals surface area contributed by atoms with E-state index in [1.807, 2.05) is 67.3 Å². The lowest BCUT2D eigenvalue weighted by Crippen LogP contribution is -2.75. The molecular weight excluding hydrogens is 1140 g/mol. The molecule has 4 aliphatic heterocycles. The molecule has 3 fully saturated rings. The summed E-state index contributed by atoms with van der Waals surface area (Å²) in [5.41, 5.74) is 11.1. The Morgan fingerprint density at radius 3 is 1.65 bits per heavy atom. The lowest BCUT2D eigenvalue weighted by molar-refractivity contribution is -0.385. The second-order valence-electron chi connectivity index (χ2n) is 23.2. The van der Waals surface area contributed by atoms with Crippen molar-refractivity contribution in [1.82, 2.24) is 19.9 Å². The summed E-state index contributed by atoms with van der Waals surface area (Å²) in [4.78, 5) is 130. The number of aryl methyl sites for hydroxylation is 2. The van der Waals surface area contributed by atoms with Crippen LogP contribution in [-0.2, 0) is 47.9 Å². The van der Waals surface area contributed by atoms with E-state index in [1.54, 1.807) is 0 Å². The van der Waals surface area contributed by atoms with Gasteiger partial charge in [-0.2, -0.15) is 5.06 Å². The number of rotatable bonds is 20. The normalized spacial score (nSPS) is 23.0. The maximum Gasteiger partial charge on any atom is 0.443 e. The van der Waals surface area contributed by atoms with Crippen LogP contribution in [0.15, 0.2) is 120 Å². The molecular formula is C62H76N10O16. The van der Waals surface area contributed by atoms with Crippen LogP contribution in [0.3, 0.4) is 0 Å².